The van der Waals surface area contributed by atoms with Gasteiger partial charge in [-0.05, 0) is 27.2 Å². The number of hydrogen-bond acceptors (Lipinski definition) is 3. The zero-order chi connectivity index (χ0) is 15.6. The van der Waals surface area contributed by atoms with Gasteiger partial charge in [0.05, 0.1) is 29.5 Å². The van der Waals surface area contributed by atoms with Gasteiger partial charge in [0.25, 0.3) is 0 Å². The van der Waals surface area contributed by atoms with E-state index in [1.165, 1.54) is 0 Å². The average molecular weight is 310 g/mol. The van der Waals surface area contributed by atoms with Gasteiger partial charge < -0.3 is 9.88 Å². The molecule has 21 heavy (non-hydrogen) atoms. The van der Waals surface area contributed by atoms with Gasteiger partial charge in [-0.2, -0.15) is 5.10 Å². The van der Waals surface area contributed by atoms with Crippen molar-refractivity contribution in [2.75, 3.05) is 0 Å². The highest BCUT2D eigenvalue weighted by atomic mass is 35.5. The van der Waals surface area contributed by atoms with E-state index in [0.717, 1.165) is 35.2 Å². The first-order chi connectivity index (χ1) is 9.81. The van der Waals surface area contributed by atoms with Gasteiger partial charge in [0.2, 0.25) is 0 Å². The van der Waals surface area contributed by atoms with E-state index in [2.05, 4.69) is 47.7 Å². The molecule has 2 aromatic rings. The first kappa shape index (κ1) is 16.0. The van der Waals surface area contributed by atoms with Gasteiger partial charge in [-0.1, -0.05) is 18.5 Å². The van der Waals surface area contributed by atoms with Gasteiger partial charge in [-0.25, -0.2) is 4.98 Å². The Morgan fingerprint density at radius 2 is 2.05 bits per heavy atom. The summed E-state index contributed by atoms with van der Waals surface area (Å²) in [5.74, 6) is 1.00. The number of aryl methyl sites for hydroxylation is 2. The molecule has 0 aliphatic rings. The molecule has 0 aromatic carbocycles. The van der Waals surface area contributed by atoms with Gasteiger partial charge in [-0.15, -0.1) is 0 Å². The first-order valence-corrected chi connectivity index (χ1v) is 7.65. The van der Waals surface area contributed by atoms with Crippen molar-refractivity contribution in [3.05, 3.63) is 34.6 Å². The molecular weight excluding hydrogens is 286 g/mol. The maximum absolute atomic E-state index is 6.42. The van der Waals surface area contributed by atoms with Crippen LogP contribution < -0.4 is 5.32 Å². The summed E-state index contributed by atoms with van der Waals surface area (Å²) in [4.78, 5) is 4.43. The molecule has 0 unspecified atom stereocenters. The lowest BCUT2D eigenvalue weighted by atomic mass is 10.1. The van der Waals surface area contributed by atoms with E-state index in [9.17, 15) is 0 Å². The second kappa shape index (κ2) is 6.20. The van der Waals surface area contributed by atoms with Crippen LogP contribution in [0.4, 0.5) is 0 Å². The predicted molar refractivity (Wildman–Crippen MR) is 85.5 cm³/mol. The fourth-order valence-corrected chi connectivity index (χ4v) is 2.50. The molecule has 2 rings (SSSR count). The zero-order valence-corrected chi connectivity index (χ0v) is 14.2. The smallest absolute Gasteiger partial charge is 0.123 e. The molecule has 2 heterocycles. The molecule has 116 valence electrons. The quantitative estimate of drug-likeness (QED) is 0.924. The van der Waals surface area contributed by atoms with Crippen LogP contribution in [0.25, 0.3) is 0 Å². The van der Waals surface area contributed by atoms with Crippen LogP contribution in [0.1, 0.15) is 44.9 Å². The average Bonchev–Trinajstić information content (AvgIpc) is 2.95. The van der Waals surface area contributed by atoms with Crippen LogP contribution in [0, 0.1) is 0 Å². The lowest BCUT2D eigenvalue weighted by Gasteiger charge is -2.20. The molecule has 6 heteroatoms. The zero-order valence-electron chi connectivity index (χ0n) is 13.4. The van der Waals surface area contributed by atoms with E-state index in [-0.39, 0.29) is 5.54 Å². The highest BCUT2D eigenvalue weighted by Crippen LogP contribution is 2.22. The van der Waals surface area contributed by atoms with E-state index >= 15 is 0 Å². The number of hydrogen-bond donors (Lipinski definition) is 1. The summed E-state index contributed by atoms with van der Waals surface area (Å²) in [6.07, 6.45) is 4.65. The van der Waals surface area contributed by atoms with E-state index in [1.54, 1.807) is 0 Å². The number of halogens is 1. The predicted octanol–water partition coefficient (Wildman–Crippen LogP) is 2.77. The summed E-state index contributed by atoms with van der Waals surface area (Å²) < 4.78 is 3.98. The van der Waals surface area contributed by atoms with Crippen molar-refractivity contribution in [1.29, 1.82) is 0 Å². The Hall–Kier alpha value is -1.33. The van der Waals surface area contributed by atoms with Gasteiger partial charge in [-0.3, -0.25) is 4.68 Å². The lowest BCUT2D eigenvalue weighted by Crippen LogP contribution is -2.36. The van der Waals surface area contributed by atoms with Crippen LogP contribution in [-0.2, 0) is 26.6 Å². The van der Waals surface area contributed by atoms with Gasteiger partial charge in [0.1, 0.15) is 5.82 Å². The molecular formula is C15H24ClN5. The monoisotopic (exact) mass is 309 g/mol. The van der Waals surface area contributed by atoms with Crippen LogP contribution in [0.15, 0.2) is 12.4 Å². The van der Waals surface area contributed by atoms with Crippen LogP contribution >= 0.6 is 11.6 Å². The fraction of sp³-hybridized carbons (Fsp3) is 0.600. The SMILES string of the molecule is CCc1nn(C)c(Cn2ccnc2CNC(C)(C)C)c1Cl. The van der Waals surface area contributed by atoms with E-state index < -0.39 is 0 Å². The number of rotatable bonds is 5. The fourth-order valence-electron chi connectivity index (χ4n) is 2.15. The minimum absolute atomic E-state index is 0.0658. The van der Waals surface area contributed by atoms with Crippen molar-refractivity contribution in [3.8, 4) is 0 Å². The van der Waals surface area contributed by atoms with Gasteiger partial charge in [0, 0.05) is 25.0 Å². The van der Waals surface area contributed by atoms with Crippen molar-refractivity contribution in [1.82, 2.24) is 24.6 Å². The normalized spacial score (nSPS) is 12.1. The molecule has 5 nitrogen and oxygen atoms in total. The standard InChI is InChI=1S/C15H24ClN5/c1-6-11-14(16)12(20(5)19-11)10-21-8-7-17-13(21)9-18-15(2,3)4/h7-8,18H,6,9-10H2,1-5H3. The summed E-state index contributed by atoms with van der Waals surface area (Å²) in [5, 5.41) is 8.68. The van der Waals surface area contributed by atoms with Crippen LogP contribution in [0.2, 0.25) is 5.02 Å². The molecule has 1 N–H and O–H groups in total. The Labute approximate surface area is 131 Å². The summed E-state index contributed by atoms with van der Waals surface area (Å²) in [6.45, 7) is 9.91. The molecule has 0 bridgehead atoms. The second-order valence-corrected chi connectivity index (χ2v) is 6.64. The molecule has 0 aliphatic heterocycles. The Bertz CT molecular complexity index is 606. The highest BCUT2D eigenvalue weighted by Gasteiger charge is 2.16. The molecule has 0 aliphatic carbocycles. The third-order valence-electron chi connectivity index (χ3n) is 3.40. The maximum Gasteiger partial charge on any atom is 0.123 e. The number of aromatic nitrogens is 4. The van der Waals surface area contributed by atoms with Crippen molar-refractivity contribution < 1.29 is 0 Å². The van der Waals surface area contributed by atoms with Crippen molar-refractivity contribution in [3.63, 3.8) is 0 Å². The molecule has 0 atom stereocenters. The topological polar surface area (TPSA) is 47.7 Å². The molecule has 0 spiro atoms. The largest absolute Gasteiger partial charge is 0.328 e. The molecule has 2 aromatic heterocycles. The molecule has 0 amide bonds. The van der Waals surface area contributed by atoms with E-state index in [0.29, 0.717) is 6.54 Å². The first-order valence-electron chi connectivity index (χ1n) is 7.27. The van der Waals surface area contributed by atoms with Gasteiger partial charge in [0.15, 0.2) is 0 Å². The lowest BCUT2D eigenvalue weighted by molar-refractivity contribution is 0.412. The molecule has 0 saturated carbocycles. The van der Waals surface area contributed by atoms with Crippen molar-refractivity contribution in [2.24, 2.45) is 7.05 Å². The molecule has 0 radical (unpaired) electrons. The summed E-state index contributed by atoms with van der Waals surface area (Å²) in [7, 11) is 1.93. The summed E-state index contributed by atoms with van der Waals surface area (Å²) in [5.41, 5.74) is 2.03. The minimum Gasteiger partial charge on any atom is -0.328 e. The minimum atomic E-state index is 0.0658. The Morgan fingerprint density at radius 3 is 2.62 bits per heavy atom. The third-order valence-corrected chi connectivity index (χ3v) is 3.84. The maximum atomic E-state index is 6.42. The molecule has 0 saturated heterocycles. The van der Waals surface area contributed by atoms with E-state index in [1.807, 2.05) is 24.1 Å². The highest BCUT2D eigenvalue weighted by molar-refractivity contribution is 6.31. The summed E-state index contributed by atoms with van der Waals surface area (Å²) >= 11 is 6.42. The third kappa shape index (κ3) is 3.86. The second-order valence-electron chi connectivity index (χ2n) is 6.26. The van der Waals surface area contributed by atoms with Crippen LogP contribution in [-0.4, -0.2) is 24.9 Å². The van der Waals surface area contributed by atoms with E-state index in [4.69, 9.17) is 11.6 Å². The number of nitrogens with zero attached hydrogens (tertiary/aromatic N) is 4. The number of imidazole rings is 1. The van der Waals surface area contributed by atoms with Gasteiger partial charge >= 0.3 is 0 Å². The Kier molecular flexibility index (Phi) is 4.74. The summed E-state index contributed by atoms with van der Waals surface area (Å²) in [6, 6.07) is 0. The molecule has 0 fully saturated rings. The van der Waals surface area contributed by atoms with Crippen LogP contribution in [0.3, 0.4) is 0 Å². The number of nitrogens with one attached hydrogen (secondary N) is 1. The van der Waals surface area contributed by atoms with Crippen LogP contribution in [0.5, 0.6) is 0 Å². The Morgan fingerprint density at radius 1 is 1.33 bits per heavy atom. The van der Waals surface area contributed by atoms with Crippen molar-refractivity contribution >= 4 is 11.6 Å². The Balaban J connectivity index is 2.18. The van der Waals surface area contributed by atoms with Crippen molar-refractivity contribution in [2.45, 2.75) is 52.7 Å².